The maximum Gasteiger partial charge on any atom is 0.303 e. The molecule has 0 aliphatic carbocycles. The predicted octanol–water partition coefficient (Wildman–Crippen LogP) is 3.97. The Bertz CT molecular complexity index is 1350. The van der Waals surface area contributed by atoms with Gasteiger partial charge in [0, 0.05) is 31.8 Å². The van der Waals surface area contributed by atoms with Crippen LogP contribution in [0.4, 0.5) is 0 Å². The van der Waals surface area contributed by atoms with Crippen molar-refractivity contribution in [1.29, 1.82) is 0 Å². The number of likely N-dealkylation sites (N-methyl/N-ethyl adjacent to an activating group) is 2. The van der Waals surface area contributed by atoms with Crippen LogP contribution in [0.15, 0.2) is 35.7 Å². The monoisotopic (exact) mass is 671 g/mol. The first-order valence-corrected chi connectivity index (χ1v) is 17.5. The lowest BCUT2D eigenvalue weighted by molar-refractivity contribution is -0.149. The number of esters is 1. The Morgan fingerprint density at radius 3 is 2.38 bits per heavy atom. The Labute approximate surface area is 283 Å². The van der Waals surface area contributed by atoms with E-state index in [-0.39, 0.29) is 48.4 Å². The third-order valence-corrected chi connectivity index (χ3v) is 10.5. The van der Waals surface area contributed by atoms with E-state index in [1.165, 1.54) is 18.3 Å². The van der Waals surface area contributed by atoms with Gasteiger partial charge in [-0.3, -0.25) is 24.1 Å². The first kappa shape index (κ1) is 38.1. The highest BCUT2D eigenvalue weighted by molar-refractivity contribution is 7.09. The lowest BCUT2D eigenvalue weighted by atomic mass is 9.91. The Morgan fingerprint density at radius 2 is 1.83 bits per heavy atom. The molecule has 2 aromatic rings. The van der Waals surface area contributed by atoms with Gasteiger partial charge < -0.3 is 25.4 Å². The fourth-order valence-corrected chi connectivity index (χ4v) is 6.94. The molecule has 3 rings (SSSR count). The predicted molar refractivity (Wildman–Crippen MR) is 183 cm³/mol. The van der Waals surface area contributed by atoms with E-state index in [4.69, 9.17) is 4.74 Å². The Kier molecular flexibility index (Phi) is 13.9. The molecule has 1 unspecified atom stereocenters. The highest BCUT2D eigenvalue weighted by Gasteiger charge is 2.44. The Hall–Kier alpha value is -3.35. The topological polar surface area (TPSA) is 141 Å². The van der Waals surface area contributed by atoms with E-state index < -0.39 is 35.6 Å². The number of ether oxygens (including phenoxy) is 1. The van der Waals surface area contributed by atoms with Crippen molar-refractivity contribution in [3.8, 4) is 0 Å². The summed E-state index contributed by atoms with van der Waals surface area (Å²) in [4.78, 5) is 61.2. The Balaban J connectivity index is 1.79. The number of likely N-dealkylation sites (tertiary alicyclic amines) is 1. The van der Waals surface area contributed by atoms with Crippen LogP contribution in [0.2, 0.25) is 0 Å². The van der Waals surface area contributed by atoms with E-state index in [1.54, 1.807) is 17.3 Å². The molecule has 1 saturated heterocycles. The second-order valence-electron chi connectivity index (χ2n) is 13.3. The fraction of sp³-hybridized carbons (Fsp3) is 0.629. The maximum absolute atomic E-state index is 14.1. The molecule has 3 amide bonds. The van der Waals surface area contributed by atoms with Crippen molar-refractivity contribution in [3.05, 3.63) is 52.0 Å². The number of nitrogens with zero attached hydrogens (tertiary/aromatic N) is 3. The third kappa shape index (κ3) is 9.84. The van der Waals surface area contributed by atoms with Crippen LogP contribution in [0.5, 0.6) is 0 Å². The lowest BCUT2D eigenvalue weighted by Gasteiger charge is -2.38. The highest BCUT2D eigenvalue weighted by Crippen LogP contribution is 2.32. The highest BCUT2D eigenvalue weighted by atomic mass is 32.1. The summed E-state index contributed by atoms with van der Waals surface area (Å²) in [7, 11) is 3.66. The molecule has 11 nitrogen and oxygen atoms in total. The summed E-state index contributed by atoms with van der Waals surface area (Å²) in [5, 5.41) is 17.9. The van der Waals surface area contributed by atoms with Crippen molar-refractivity contribution < 1.29 is 29.0 Å². The summed E-state index contributed by atoms with van der Waals surface area (Å²) >= 11 is 1.20. The first-order chi connectivity index (χ1) is 22.2. The van der Waals surface area contributed by atoms with Crippen LogP contribution >= 0.6 is 11.3 Å². The van der Waals surface area contributed by atoms with E-state index in [0.717, 1.165) is 24.9 Å². The summed E-state index contributed by atoms with van der Waals surface area (Å²) in [6.07, 6.45) is 2.26. The van der Waals surface area contributed by atoms with E-state index in [1.807, 2.05) is 76.9 Å². The van der Waals surface area contributed by atoms with Gasteiger partial charge in [0.2, 0.25) is 11.8 Å². The Morgan fingerprint density at radius 1 is 1.15 bits per heavy atom. The number of carbonyl (C=O) groups excluding carboxylic acids is 4. The number of rotatable bonds is 16. The second-order valence-corrected chi connectivity index (χ2v) is 14.2. The SMILES string of the molecule is CC[C@H](C)[C@H](NC(=O)[C@@]1(C)CCCN1C)C(=O)N(C)[C@H](C[C@@H](OC(C)=O)c1nc(C(=O)NC(CO)Cc2ccccc2)cs1)C(C)C. The molecule has 0 radical (unpaired) electrons. The van der Waals surface area contributed by atoms with Gasteiger partial charge in [0.15, 0.2) is 6.10 Å². The zero-order valence-electron chi connectivity index (χ0n) is 29.1. The van der Waals surface area contributed by atoms with Gasteiger partial charge in [-0.1, -0.05) is 64.4 Å². The van der Waals surface area contributed by atoms with Crippen molar-refractivity contribution in [3.63, 3.8) is 0 Å². The van der Waals surface area contributed by atoms with Crippen molar-refractivity contribution in [1.82, 2.24) is 25.4 Å². The zero-order chi connectivity index (χ0) is 34.9. The number of thiazole rings is 1. The van der Waals surface area contributed by atoms with Crippen molar-refractivity contribution >= 4 is 35.0 Å². The molecule has 0 saturated carbocycles. The molecule has 2 heterocycles. The van der Waals surface area contributed by atoms with E-state index in [9.17, 15) is 24.3 Å². The third-order valence-electron chi connectivity index (χ3n) is 9.54. The average molecular weight is 672 g/mol. The lowest BCUT2D eigenvalue weighted by Crippen LogP contribution is -2.60. The number of aliphatic hydroxyl groups excluding tert-OH is 1. The van der Waals surface area contributed by atoms with Gasteiger partial charge in [-0.15, -0.1) is 11.3 Å². The second kappa shape index (κ2) is 17.2. The van der Waals surface area contributed by atoms with Gasteiger partial charge in [0.05, 0.1) is 18.2 Å². The summed E-state index contributed by atoms with van der Waals surface area (Å²) in [6.45, 7) is 11.8. The van der Waals surface area contributed by atoms with E-state index in [2.05, 4.69) is 15.6 Å². The number of amides is 3. The molecule has 1 fully saturated rings. The molecule has 6 atom stereocenters. The number of aliphatic hydroxyl groups is 1. The van der Waals surface area contributed by atoms with Gasteiger partial charge in [-0.05, 0) is 57.2 Å². The molecule has 47 heavy (non-hydrogen) atoms. The minimum Gasteiger partial charge on any atom is -0.455 e. The van der Waals surface area contributed by atoms with Crippen LogP contribution in [0.3, 0.4) is 0 Å². The quantitative estimate of drug-likeness (QED) is 0.228. The van der Waals surface area contributed by atoms with Crippen molar-refractivity contribution in [2.24, 2.45) is 11.8 Å². The molecular weight excluding hydrogens is 618 g/mol. The van der Waals surface area contributed by atoms with Crippen LogP contribution in [0, 0.1) is 11.8 Å². The van der Waals surface area contributed by atoms with Crippen LogP contribution in [0.25, 0.3) is 0 Å². The van der Waals surface area contributed by atoms with Gasteiger partial charge in [0.1, 0.15) is 16.7 Å². The molecule has 1 aromatic heterocycles. The van der Waals surface area contributed by atoms with Gasteiger partial charge >= 0.3 is 5.97 Å². The van der Waals surface area contributed by atoms with Crippen molar-refractivity contribution in [2.45, 2.75) is 103 Å². The molecule has 1 aromatic carbocycles. The summed E-state index contributed by atoms with van der Waals surface area (Å²) in [5.41, 5.74) is 0.467. The summed E-state index contributed by atoms with van der Waals surface area (Å²) < 4.78 is 5.73. The summed E-state index contributed by atoms with van der Waals surface area (Å²) in [5.74, 6) is -1.43. The largest absolute Gasteiger partial charge is 0.455 e. The summed E-state index contributed by atoms with van der Waals surface area (Å²) in [6, 6.07) is 7.98. The smallest absolute Gasteiger partial charge is 0.303 e. The first-order valence-electron chi connectivity index (χ1n) is 16.6. The van der Waals surface area contributed by atoms with E-state index in [0.29, 0.717) is 17.8 Å². The minimum atomic E-state index is -0.803. The number of nitrogens with one attached hydrogen (secondary N) is 2. The van der Waals surface area contributed by atoms with Crippen LogP contribution in [-0.2, 0) is 25.5 Å². The molecule has 1 aliphatic rings. The molecule has 0 bridgehead atoms. The average Bonchev–Trinajstić information content (AvgIpc) is 3.67. The molecule has 0 spiro atoms. The van der Waals surface area contributed by atoms with Crippen molar-refractivity contribution in [2.75, 3.05) is 27.2 Å². The molecule has 1 aliphatic heterocycles. The van der Waals surface area contributed by atoms with Crippen LogP contribution in [-0.4, -0.2) is 94.5 Å². The standard InChI is InChI=1S/C35H53N5O6S/c1-9-23(4)30(38-34(45)35(6)16-13-17-39(35)7)33(44)40(8)28(22(2)3)19-29(46-24(5)42)32-37-27(21-47-32)31(43)36-26(20-41)18-25-14-11-10-12-15-25/h10-12,14-15,21-23,26,28-30,41H,9,13,16-20H2,1-8H3,(H,36,43)(H,38,45)/t23-,26?,28+,29+,30-,35+/m0/s1. The number of aromatic nitrogens is 1. The van der Waals surface area contributed by atoms with Crippen LogP contribution in [0.1, 0.15) is 94.4 Å². The molecular formula is C35H53N5O6S. The van der Waals surface area contributed by atoms with Gasteiger partial charge in [-0.25, -0.2) is 4.98 Å². The molecule has 3 N–H and O–H groups in total. The van der Waals surface area contributed by atoms with Crippen LogP contribution < -0.4 is 10.6 Å². The fourth-order valence-electron chi connectivity index (χ4n) is 6.10. The van der Waals surface area contributed by atoms with Gasteiger partial charge in [0.25, 0.3) is 5.91 Å². The zero-order valence-corrected chi connectivity index (χ0v) is 29.9. The number of carbonyl (C=O) groups is 4. The minimum absolute atomic E-state index is 0.0280. The van der Waals surface area contributed by atoms with Gasteiger partial charge in [-0.2, -0.15) is 0 Å². The number of benzene rings is 1. The normalized spacial score (nSPS) is 19.8. The number of hydrogen-bond donors (Lipinski definition) is 3. The van der Waals surface area contributed by atoms with E-state index >= 15 is 0 Å². The number of hydrogen-bond acceptors (Lipinski definition) is 9. The molecule has 12 heteroatoms. The molecule has 260 valence electrons. The maximum atomic E-state index is 14.1.